The molecule has 5 rings (SSSR count). The molecule has 0 spiro atoms. The van der Waals surface area contributed by atoms with Gasteiger partial charge in [-0.15, -0.1) is 5.06 Å². The molecule has 2 aliphatic heterocycles. The van der Waals surface area contributed by atoms with Gasteiger partial charge in [0.2, 0.25) is 0 Å². The maximum atomic E-state index is 12.3. The lowest BCUT2D eigenvalue weighted by Crippen LogP contribution is -2.47. The van der Waals surface area contributed by atoms with Gasteiger partial charge in [0.05, 0.1) is 27.2 Å². The summed E-state index contributed by atoms with van der Waals surface area (Å²) in [6.45, 7) is 11.0. The van der Waals surface area contributed by atoms with E-state index >= 15 is 0 Å². The van der Waals surface area contributed by atoms with Crippen molar-refractivity contribution in [1.29, 1.82) is 0 Å². The number of nitro groups is 1. The third kappa shape index (κ3) is 7.59. The standard InChI is InChI=1S/C30H36Cl2N6O5/c1-30(2,3)42-29(39)43-36-14-11-25-22(20-36)28(21-9-10-23(31)24(32)19-21)33-37(25)13-6-12-34-15-17-35(18-16-34)26-7-4-5-8-27(26)38(40)41/h4-5,7-10,19H,6,11-18,20H2,1-3H3. The smallest absolute Gasteiger partial charge is 0.427 e. The molecule has 0 bridgehead atoms. The van der Waals surface area contributed by atoms with Crippen molar-refractivity contribution in [3.8, 4) is 11.3 Å². The fraction of sp³-hybridized carbons (Fsp3) is 0.467. The number of hydroxylamine groups is 2. The van der Waals surface area contributed by atoms with E-state index in [9.17, 15) is 14.9 Å². The molecule has 11 nitrogen and oxygen atoms in total. The van der Waals surface area contributed by atoms with Crippen LogP contribution in [-0.2, 0) is 29.1 Å². The van der Waals surface area contributed by atoms with Crippen LogP contribution in [0.3, 0.4) is 0 Å². The fourth-order valence-electron chi connectivity index (χ4n) is 5.52. The van der Waals surface area contributed by atoms with E-state index in [2.05, 4.69) is 14.5 Å². The molecule has 1 aromatic heterocycles. The summed E-state index contributed by atoms with van der Waals surface area (Å²) in [5.74, 6) is 0. The summed E-state index contributed by atoms with van der Waals surface area (Å²) in [6, 6.07) is 12.4. The SMILES string of the molecule is CC(C)(C)OC(=O)ON1CCc2c(c(-c3ccc(Cl)c(Cl)c3)nn2CCCN2CCN(c3ccccc3[N+](=O)[O-])CC2)C1. The van der Waals surface area contributed by atoms with Crippen LogP contribution in [0.4, 0.5) is 16.2 Å². The highest BCUT2D eigenvalue weighted by Gasteiger charge is 2.30. The summed E-state index contributed by atoms with van der Waals surface area (Å²) in [4.78, 5) is 33.5. The van der Waals surface area contributed by atoms with Gasteiger partial charge in [0.1, 0.15) is 11.3 Å². The van der Waals surface area contributed by atoms with E-state index < -0.39 is 11.8 Å². The van der Waals surface area contributed by atoms with Crippen molar-refractivity contribution in [2.75, 3.05) is 44.2 Å². The lowest BCUT2D eigenvalue weighted by Gasteiger charge is -2.35. The summed E-state index contributed by atoms with van der Waals surface area (Å²) in [7, 11) is 0. The Morgan fingerprint density at radius 3 is 2.47 bits per heavy atom. The zero-order valence-corrected chi connectivity index (χ0v) is 26.1. The van der Waals surface area contributed by atoms with Gasteiger partial charge < -0.3 is 14.5 Å². The highest BCUT2D eigenvalue weighted by Crippen LogP contribution is 2.34. The number of aromatic nitrogens is 2. The minimum Gasteiger partial charge on any atom is -0.427 e. The predicted octanol–water partition coefficient (Wildman–Crippen LogP) is 6.20. The first kappa shape index (κ1) is 31.1. The van der Waals surface area contributed by atoms with Gasteiger partial charge in [-0.2, -0.15) is 5.10 Å². The van der Waals surface area contributed by atoms with Crippen molar-refractivity contribution < 1.29 is 19.3 Å². The molecule has 3 aromatic rings. The van der Waals surface area contributed by atoms with Gasteiger partial charge in [0.25, 0.3) is 5.69 Å². The average molecular weight is 632 g/mol. The molecule has 1 saturated heterocycles. The van der Waals surface area contributed by atoms with Crippen LogP contribution in [-0.4, -0.2) is 75.7 Å². The lowest BCUT2D eigenvalue weighted by atomic mass is 10.0. The predicted molar refractivity (Wildman–Crippen MR) is 165 cm³/mol. The van der Waals surface area contributed by atoms with Gasteiger partial charge in [-0.1, -0.05) is 41.4 Å². The summed E-state index contributed by atoms with van der Waals surface area (Å²) in [5.41, 5.74) is 3.87. The number of halogens is 2. The molecular weight excluding hydrogens is 595 g/mol. The van der Waals surface area contributed by atoms with Crippen LogP contribution in [0.15, 0.2) is 42.5 Å². The summed E-state index contributed by atoms with van der Waals surface area (Å²) < 4.78 is 7.40. The molecular formula is C30H36Cl2N6O5. The Bertz CT molecular complexity index is 1480. The van der Waals surface area contributed by atoms with Crippen LogP contribution in [0, 0.1) is 10.1 Å². The normalized spacial score (nSPS) is 16.2. The van der Waals surface area contributed by atoms with Crippen LogP contribution in [0.5, 0.6) is 0 Å². The minimum atomic E-state index is -0.735. The van der Waals surface area contributed by atoms with Crippen molar-refractivity contribution in [3.05, 3.63) is 73.9 Å². The van der Waals surface area contributed by atoms with Gasteiger partial charge in [-0.25, -0.2) is 4.79 Å². The average Bonchev–Trinajstić information content (AvgIpc) is 3.31. The number of ether oxygens (including phenoxy) is 1. The number of hydrogen-bond acceptors (Lipinski definition) is 9. The summed E-state index contributed by atoms with van der Waals surface area (Å²) in [6.07, 6.45) is 0.806. The number of fused-ring (bicyclic) bond motifs is 1. The third-order valence-corrected chi connectivity index (χ3v) is 8.26. The Balaban J connectivity index is 1.25. The molecule has 2 aliphatic rings. The number of anilines is 1. The van der Waals surface area contributed by atoms with Crippen molar-refractivity contribution in [1.82, 2.24) is 19.7 Å². The Labute approximate surface area is 260 Å². The summed E-state index contributed by atoms with van der Waals surface area (Å²) >= 11 is 12.5. The number of para-hydroxylation sites is 2. The Morgan fingerprint density at radius 1 is 1.02 bits per heavy atom. The number of piperazine rings is 1. The number of nitro benzene ring substituents is 1. The second kappa shape index (κ2) is 13.1. The number of carbonyl (C=O) groups is 1. The van der Waals surface area contributed by atoms with Gasteiger partial charge in [-0.05, 0) is 45.4 Å². The molecule has 2 aromatic carbocycles. The van der Waals surface area contributed by atoms with Crippen LogP contribution in [0.2, 0.25) is 10.0 Å². The third-order valence-electron chi connectivity index (χ3n) is 7.52. The maximum absolute atomic E-state index is 12.3. The van der Waals surface area contributed by atoms with Crippen molar-refractivity contribution in [3.63, 3.8) is 0 Å². The number of benzene rings is 2. The van der Waals surface area contributed by atoms with E-state index in [0.717, 1.165) is 68.2 Å². The molecule has 0 aliphatic carbocycles. The number of rotatable bonds is 8. The van der Waals surface area contributed by atoms with E-state index in [1.807, 2.05) is 18.2 Å². The molecule has 0 N–H and O–H groups in total. The van der Waals surface area contributed by atoms with E-state index in [4.69, 9.17) is 37.9 Å². The molecule has 1 fully saturated rings. The van der Waals surface area contributed by atoms with Crippen LogP contribution in [0.25, 0.3) is 11.3 Å². The maximum Gasteiger partial charge on any atom is 0.528 e. The first-order valence-corrected chi connectivity index (χ1v) is 15.1. The second-order valence-corrected chi connectivity index (χ2v) is 12.5. The molecule has 13 heteroatoms. The quantitative estimate of drug-likeness (QED) is 0.163. The van der Waals surface area contributed by atoms with Crippen LogP contribution in [0.1, 0.15) is 38.4 Å². The molecule has 230 valence electrons. The number of nitrogens with zero attached hydrogens (tertiary/aromatic N) is 6. The van der Waals surface area contributed by atoms with E-state index in [1.54, 1.807) is 50.1 Å². The first-order valence-electron chi connectivity index (χ1n) is 14.4. The zero-order valence-electron chi connectivity index (χ0n) is 24.6. The molecule has 0 radical (unpaired) electrons. The van der Waals surface area contributed by atoms with E-state index in [-0.39, 0.29) is 10.6 Å². The van der Waals surface area contributed by atoms with E-state index in [1.165, 1.54) is 0 Å². The first-order chi connectivity index (χ1) is 20.5. The molecule has 3 heterocycles. The Hall–Kier alpha value is -3.38. The molecule has 0 atom stereocenters. The van der Waals surface area contributed by atoms with Crippen molar-refractivity contribution in [2.45, 2.75) is 52.3 Å². The van der Waals surface area contributed by atoms with Gasteiger partial charge >= 0.3 is 6.16 Å². The molecule has 0 unspecified atom stereocenters. The monoisotopic (exact) mass is 630 g/mol. The van der Waals surface area contributed by atoms with Crippen molar-refractivity contribution >= 4 is 40.7 Å². The highest BCUT2D eigenvalue weighted by molar-refractivity contribution is 6.42. The van der Waals surface area contributed by atoms with Gasteiger partial charge in [0, 0.05) is 75.1 Å². The Morgan fingerprint density at radius 2 is 1.77 bits per heavy atom. The van der Waals surface area contributed by atoms with E-state index in [0.29, 0.717) is 35.2 Å². The zero-order chi connectivity index (χ0) is 30.7. The summed E-state index contributed by atoms with van der Waals surface area (Å²) in [5, 5.41) is 19.0. The van der Waals surface area contributed by atoms with Crippen LogP contribution < -0.4 is 4.90 Å². The van der Waals surface area contributed by atoms with Crippen LogP contribution >= 0.6 is 23.2 Å². The molecule has 43 heavy (non-hydrogen) atoms. The molecule has 0 amide bonds. The Kier molecular flexibility index (Phi) is 9.45. The number of hydrogen-bond donors (Lipinski definition) is 0. The fourth-order valence-corrected chi connectivity index (χ4v) is 5.82. The highest BCUT2D eigenvalue weighted by atomic mass is 35.5. The second-order valence-electron chi connectivity index (χ2n) is 11.7. The van der Waals surface area contributed by atoms with Gasteiger partial charge in [-0.3, -0.25) is 19.7 Å². The topological polar surface area (TPSA) is 106 Å². The van der Waals surface area contributed by atoms with Gasteiger partial charge in [0.15, 0.2) is 0 Å². The van der Waals surface area contributed by atoms with Crippen molar-refractivity contribution in [2.24, 2.45) is 0 Å². The largest absolute Gasteiger partial charge is 0.528 e. The lowest BCUT2D eigenvalue weighted by molar-refractivity contribution is -0.384. The number of aryl methyl sites for hydroxylation is 1. The molecule has 0 saturated carbocycles. The number of carbonyl (C=O) groups excluding carboxylic acids is 1. The minimum absolute atomic E-state index is 0.146.